The van der Waals surface area contributed by atoms with E-state index in [2.05, 4.69) is 21.5 Å². The number of fused-ring (bicyclic) bond motifs is 1. The molecule has 0 aliphatic heterocycles. The highest BCUT2D eigenvalue weighted by molar-refractivity contribution is 7.22. The number of nitrogens with one attached hydrogen (secondary N) is 1. The minimum atomic E-state index is -0.453. The van der Waals surface area contributed by atoms with Crippen LogP contribution in [0, 0.1) is 6.92 Å². The Morgan fingerprint density at radius 3 is 3.00 bits per heavy atom. The van der Waals surface area contributed by atoms with Crippen LogP contribution in [0.3, 0.4) is 0 Å². The lowest BCUT2D eigenvalue weighted by atomic mass is 10.2. The molecule has 0 saturated heterocycles. The number of amides is 1. The number of hydrogen-bond donors (Lipinski definition) is 1. The molecule has 21 heavy (non-hydrogen) atoms. The molecule has 0 radical (unpaired) electrons. The zero-order valence-corrected chi connectivity index (χ0v) is 13.1. The number of benzene rings is 1. The molecule has 2 aromatic heterocycles. The third-order valence-corrected chi connectivity index (χ3v) is 4.25. The van der Waals surface area contributed by atoms with Crippen LogP contribution in [-0.2, 0) is 4.79 Å². The number of aromatic nitrogens is 3. The lowest BCUT2D eigenvalue weighted by Crippen LogP contribution is -2.23. The molecule has 3 aromatic rings. The van der Waals surface area contributed by atoms with Crippen LogP contribution < -0.4 is 5.32 Å². The summed E-state index contributed by atoms with van der Waals surface area (Å²) in [6.07, 6.45) is 3.12. The van der Waals surface area contributed by atoms with Crippen LogP contribution >= 0.6 is 22.9 Å². The Morgan fingerprint density at radius 2 is 2.29 bits per heavy atom. The zero-order chi connectivity index (χ0) is 15.0. The first-order valence-electron chi connectivity index (χ1n) is 6.40. The molecular weight excluding hydrogens is 308 g/mol. The Bertz CT molecular complexity index is 810. The maximum atomic E-state index is 12.2. The summed E-state index contributed by atoms with van der Waals surface area (Å²) in [4.78, 5) is 16.6. The zero-order valence-electron chi connectivity index (χ0n) is 11.5. The molecule has 2 heterocycles. The van der Waals surface area contributed by atoms with Crippen molar-refractivity contribution in [2.75, 3.05) is 5.32 Å². The maximum Gasteiger partial charge on any atom is 0.250 e. The van der Waals surface area contributed by atoms with Crippen molar-refractivity contribution in [3.63, 3.8) is 0 Å². The number of nitrogens with zero attached hydrogens (tertiary/aromatic N) is 3. The normalized spacial score (nSPS) is 12.5. The fourth-order valence-corrected chi connectivity index (χ4v) is 3.05. The molecule has 1 aromatic carbocycles. The van der Waals surface area contributed by atoms with Gasteiger partial charge in [0, 0.05) is 6.20 Å². The van der Waals surface area contributed by atoms with E-state index in [1.54, 1.807) is 13.1 Å². The van der Waals surface area contributed by atoms with E-state index in [9.17, 15) is 4.79 Å². The first-order chi connectivity index (χ1) is 10.0. The van der Waals surface area contributed by atoms with Crippen molar-refractivity contribution in [3.8, 4) is 0 Å². The summed E-state index contributed by atoms with van der Waals surface area (Å²) in [7, 11) is 0. The number of carbonyl (C=O) groups excluding carboxylic acids is 1. The van der Waals surface area contributed by atoms with Crippen molar-refractivity contribution >= 4 is 44.2 Å². The molecule has 0 aliphatic carbocycles. The van der Waals surface area contributed by atoms with Crippen LogP contribution in [0.2, 0.25) is 5.02 Å². The molecule has 1 unspecified atom stereocenters. The van der Waals surface area contributed by atoms with Gasteiger partial charge in [-0.05, 0) is 31.5 Å². The fraction of sp³-hybridized carbons (Fsp3) is 0.214. The third kappa shape index (κ3) is 2.91. The highest BCUT2D eigenvalue weighted by Gasteiger charge is 2.17. The third-order valence-electron chi connectivity index (χ3n) is 3.12. The number of hydrogen-bond acceptors (Lipinski definition) is 4. The Labute approximate surface area is 130 Å². The second kappa shape index (κ2) is 5.46. The number of anilines is 1. The average molecular weight is 321 g/mol. The lowest BCUT2D eigenvalue weighted by Gasteiger charge is -2.10. The van der Waals surface area contributed by atoms with Crippen molar-refractivity contribution in [2.45, 2.75) is 19.9 Å². The molecule has 1 atom stereocenters. The number of rotatable bonds is 3. The molecule has 5 nitrogen and oxygen atoms in total. The van der Waals surface area contributed by atoms with E-state index in [1.807, 2.05) is 19.1 Å². The van der Waals surface area contributed by atoms with Crippen molar-refractivity contribution in [1.29, 1.82) is 0 Å². The van der Waals surface area contributed by atoms with E-state index in [0.717, 1.165) is 10.2 Å². The van der Waals surface area contributed by atoms with Gasteiger partial charge in [0.2, 0.25) is 0 Å². The molecule has 0 fully saturated rings. The minimum Gasteiger partial charge on any atom is -0.300 e. The van der Waals surface area contributed by atoms with Gasteiger partial charge in [-0.25, -0.2) is 4.98 Å². The van der Waals surface area contributed by atoms with Crippen LogP contribution in [0.15, 0.2) is 30.6 Å². The van der Waals surface area contributed by atoms with Crippen LogP contribution in [0.25, 0.3) is 10.2 Å². The van der Waals surface area contributed by atoms with Gasteiger partial charge in [-0.1, -0.05) is 29.0 Å². The fourth-order valence-electron chi connectivity index (χ4n) is 1.94. The Balaban J connectivity index is 1.79. The van der Waals surface area contributed by atoms with Gasteiger partial charge in [-0.15, -0.1) is 0 Å². The van der Waals surface area contributed by atoms with E-state index in [4.69, 9.17) is 11.6 Å². The predicted octanol–water partition coefficient (Wildman–Crippen LogP) is 3.65. The summed E-state index contributed by atoms with van der Waals surface area (Å²) < 4.78 is 2.58. The lowest BCUT2D eigenvalue weighted by molar-refractivity contribution is -0.119. The summed E-state index contributed by atoms with van der Waals surface area (Å²) in [6.45, 7) is 3.79. The number of carbonyl (C=O) groups is 1. The molecule has 0 aliphatic rings. The molecule has 0 saturated carbocycles. The summed E-state index contributed by atoms with van der Waals surface area (Å²) in [6, 6.07) is 5.56. The van der Waals surface area contributed by atoms with Crippen LogP contribution in [0.5, 0.6) is 0 Å². The second-order valence-corrected chi connectivity index (χ2v) is 6.26. The first-order valence-corrected chi connectivity index (χ1v) is 7.60. The molecule has 0 spiro atoms. The minimum absolute atomic E-state index is 0.175. The van der Waals surface area contributed by atoms with E-state index < -0.39 is 6.04 Å². The summed E-state index contributed by atoms with van der Waals surface area (Å²) in [5, 5.41) is 7.96. The highest BCUT2D eigenvalue weighted by Crippen LogP contribution is 2.27. The molecule has 0 bridgehead atoms. The van der Waals surface area contributed by atoms with Crippen LogP contribution in [0.4, 0.5) is 5.13 Å². The number of thiazole rings is 1. The van der Waals surface area contributed by atoms with E-state index in [-0.39, 0.29) is 5.91 Å². The SMILES string of the molecule is Cc1ccc2nc(NC(=O)C(C)n3cc(Cl)cn3)sc2c1. The standard InChI is InChI=1S/C14H13ClN4OS/c1-8-3-4-11-12(5-8)21-14(17-11)18-13(20)9(2)19-7-10(15)6-16-19/h3-7,9H,1-2H3,(H,17,18,20). The van der Waals surface area contributed by atoms with Gasteiger partial charge in [0.15, 0.2) is 5.13 Å². The molecule has 1 amide bonds. The second-order valence-electron chi connectivity index (χ2n) is 4.79. The van der Waals surface area contributed by atoms with Gasteiger partial charge in [0.25, 0.3) is 5.91 Å². The van der Waals surface area contributed by atoms with Crippen LogP contribution in [0.1, 0.15) is 18.5 Å². The van der Waals surface area contributed by atoms with E-state index in [0.29, 0.717) is 10.2 Å². The van der Waals surface area contributed by atoms with Crippen molar-refractivity contribution in [2.24, 2.45) is 0 Å². The van der Waals surface area contributed by atoms with Gasteiger partial charge < -0.3 is 5.32 Å². The molecule has 7 heteroatoms. The first kappa shape index (κ1) is 14.0. The number of aryl methyl sites for hydroxylation is 1. The molecule has 3 rings (SSSR count). The largest absolute Gasteiger partial charge is 0.300 e. The van der Waals surface area contributed by atoms with Gasteiger partial charge in [-0.3, -0.25) is 9.48 Å². The topological polar surface area (TPSA) is 59.8 Å². The number of halogens is 1. The average Bonchev–Trinajstić information content (AvgIpc) is 3.03. The maximum absolute atomic E-state index is 12.2. The molecule has 1 N–H and O–H groups in total. The molecule has 108 valence electrons. The van der Waals surface area contributed by atoms with Gasteiger partial charge in [0.05, 0.1) is 21.4 Å². The Kier molecular flexibility index (Phi) is 3.65. The monoisotopic (exact) mass is 320 g/mol. The summed E-state index contributed by atoms with van der Waals surface area (Å²) in [5.74, 6) is -0.175. The highest BCUT2D eigenvalue weighted by atomic mass is 35.5. The smallest absolute Gasteiger partial charge is 0.250 e. The van der Waals surface area contributed by atoms with Gasteiger partial charge >= 0.3 is 0 Å². The van der Waals surface area contributed by atoms with E-state index >= 15 is 0 Å². The molecular formula is C14H13ClN4OS. The summed E-state index contributed by atoms with van der Waals surface area (Å²) in [5.41, 5.74) is 2.05. The van der Waals surface area contributed by atoms with Crippen molar-refractivity contribution in [1.82, 2.24) is 14.8 Å². The van der Waals surface area contributed by atoms with Gasteiger partial charge in [0.1, 0.15) is 6.04 Å². The van der Waals surface area contributed by atoms with Crippen molar-refractivity contribution in [3.05, 3.63) is 41.2 Å². The van der Waals surface area contributed by atoms with Crippen molar-refractivity contribution < 1.29 is 4.79 Å². The van der Waals surface area contributed by atoms with Crippen LogP contribution in [-0.4, -0.2) is 20.7 Å². The van der Waals surface area contributed by atoms with E-state index in [1.165, 1.54) is 27.8 Å². The predicted molar refractivity (Wildman–Crippen MR) is 84.9 cm³/mol. The van der Waals surface area contributed by atoms with Gasteiger partial charge in [-0.2, -0.15) is 5.10 Å². The Hall–Kier alpha value is -1.92. The summed E-state index contributed by atoms with van der Waals surface area (Å²) >= 11 is 7.27. The quantitative estimate of drug-likeness (QED) is 0.801. The Morgan fingerprint density at radius 1 is 1.48 bits per heavy atom.